The van der Waals surface area contributed by atoms with Gasteiger partial charge in [0.05, 0.1) is 20.9 Å². The van der Waals surface area contributed by atoms with Crippen molar-refractivity contribution in [2.24, 2.45) is 0 Å². The number of thiazole rings is 1. The number of hydrogen-bond donors (Lipinski definition) is 0. The molecule has 0 spiro atoms. The zero-order valence-electron chi connectivity index (χ0n) is 19.9. The summed E-state index contributed by atoms with van der Waals surface area (Å²) < 4.78 is 1.23. The number of thioether (sulfide) groups is 1. The first-order valence-corrected chi connectivity index (χ1v) is 13.7. The zero-order valence-corrected chi connectivity index (χ0v) is 21.5. The highest BCUT2D eigenvalue weighted by molar-refractivity contribution is 8.03. The molecular weight excluding hydrogens is 464 g/mol. The third kappa shape index (κ3) is 4.18. The lowest BCUT2D eigenvalue weighted by molar-refractivity contribution is 1.00. The van der Waals surface area contributed by atoms with Crippen molar-refractivity contribution in [2.45, 2.75) is 25.2 Å². The first-order chi connectivity index (χ1) is 17.2. The van der Waals surface area contributed by atoms with E-state index in [0.29, 0.717) is 0 Å². The molecule has 5 aromatic rings. The summed E-state index contributed by atoms with van der Waals surface area (Å²) in [5.41, 5.74) is 6.14. The van der Waals surface area contributed by atoms with Crippen molar-refractivity contribution < 1.29 is 0 Å². The van der Waals surface area contributed by atoms with Crippen LogP contribution in [0, 0.1) is 0 Å². The van der Waals surface area contributed by atoms with Crippen LogP contribution in [0.5, 0.6) is 0 Å². The minimum atomic E-state index is 0.945. The molecule has 0 amide bonds. The maximum Gasteiger partial charge on any atom is 0.117 e. The molecule has 0 saturated heterocycles. The maximum atomic E-state index is 4.97. The molecule has 2 heterocycles. The highest BCUT2D eigenvalue weighted by Gasteiger charge is 2.26. The third-order valence-electron chi connectivity index (χ3n) is 6.47. The molecule has 6 rings (SSSR count). The fraction of sp³-hybridized carbons (Fsp3) is 0.129. The van der Waals surface area contributed by atoms with Gasteiger partial charge in [-0.25, -0.2) is 4.98 Å². The van der Waals surface area contributed by atoms with Crippen molar-refractivity contribution in [3.05, 3.63) is 107 Å². The predicted octanol–water partition coefficient (Wildman–Crippen LogP) is 9.38. The lowest BCUT2D eigenvalue weighted by Gasteiger charge is -2.20. The van der Waals surface area contributed by atoms with E-state index < -0.39 is 0 Å². The summed E-state index contributed by atoms with van der Waals surface area (Å²) in [5.74, 6) is 0. The van der Waals surface area contributed by atoms with Crippen LogP contribution in [0.15, 0.2) is 107 Å². The molecule has 35 heavy (non-hydrogen) atoms. The van der Waals surface area contributed by atoms with Crippen LogP contribution < -0.4 is 4.90 Å². The van der Waals surface area contributed by atoms with E-state index in [0.717, 1.165) is 23.5 Å². The third-order valence-corrected chi connectivity index (χ3v) is 8.55. The van der Waals surface area contributed by atoms with E-state index in [9.17, 15) is 0 Å². The van der Waals surface area contributed by atoms with Crippen LogP contribution in [0.2, 0.25) is 0 Å². The van der Waals surface area contributed by atoms with Gasteiger partial charge in [-0.3, -0.25) is 0 Å². The Bertz CT molecular complexity index is 1600. The maximum absolute atomic E-state index is 4.97. The molecule has 4 aromatic carbocycles. The van der Waals surface area contributed by atoms with Crippen LogP contribution in [0.1, 0.15) is 25.3 Å². The number of fused-ring (bicyclic) bond motifs is 4. The van der Waals surface area contributed by atoms with E-state index in [2.05, 4.69) is 116 Å². The summed E-state index contributed by atoms with van der Waals surface area (Å²) in [7, 11) is 0. The van der Waals surface area contributed by atoms with Crippen molar-refractivity contribution in [3.8, 4) is 11.1 Å². The Labute approximate surface area is 214 Å². The Morgan fingerprint density at radius 3 is 2.54 bits per heavy atom. The molecule has 0 unspecified atom stereocenters. The van der Waals surface area contributed by atoms with Gasteiger partial charge < -0.3 is 4.90 Å². The van der Waals surface area contributed by atoms with Gasteiger partial charge in [-0.2, -0.15) is 0 Å². The fourth-order valence-corrected chi connectivity index (χ4v) is 6.82. The summed E-state index contributed by atoms with van der Waals surface area (Å²) >= 11 is 3.63. The predicted molar refractivity (Wildman–Crippen MR) is 154 cm³/mol. The minimum Gasteiger partial charge on any atom is -0.335 e. The quantitative estimate of drug-likeness (QED) is 0.244. The molecule has 0 saturated carbocycles. The Balaban J connectivity index is 1.35. The first kappa shape index (κ1) is 22.1. The summed E-state index contributed by atoms with van der Waals surface area (Å²) in [6.07, 6.45) is 5.57. The average molecular weight is 491 g/mol. The Hall–Kier alpha value is -3.34. The normalized spacial score (nSPS) is 14.9. The van der Waals surface area contributed by atoms with Crippen LogP contribution in [-0.4, -0.2) is 11.5 Å². The Morgan fingerprint density at radius 1 is 0.886 bits per heavy atom. The second kappa shape index (κ2) is 9.37. The lowest BCUT2D eigenvalue weighted by Crippen LogP contribution is -2.17. The summed E-state index contributed by atoms with van der Waals surface area (Å²) in [4.78, 5) is 8.76. The molecular formula is C31H26N2S2. The topological polar surface area (TPSA) is 16.1 Å². The highest BCUT2D eigenvalue weighted by Crippen LogP contribution is 2.49. The summed E-state index contributed by atoms with van der Waals surface area (Å²) in [6.45, 7) is 5.40. The van der Waals surface area contributed by atoms with Crippen molar-refractivity contribution in [1.82, 2.24) is 4.98 Å². The molecule has 2 nitrogen and oxygen atoms in total. The zero-order chi connectivity index (χ0) is 23.8. The van der Waals surface area contributed by atoms with Crippen molar-refractivity contribution in [3.63, 3.8) is 0 Å². The van der Waals surface area contributed by atoms with E-state index in [1.54, 1.807) is 11.3 Å². The molecule has 1 aromatic heterocycles. The van der Waals surface area contributed by atoms with Crippen LogP contribution >= 0.6 is 23.1 Å². The van der Waals surface area contributed by atoms with Crippen molar-refractivity contribution in [1.29, 1.82) is 0 Å². The Morgan fingerprint density at radius 2 is 1.71 bits per heavy atom. The first-order valence-electron chi connectivity index (χ1n) is 12.1. The van der Waals surface area contributed by atoms with Crippen LogP contribution in [0.25, 0.3) is 38.2 Å². The molecule has 4 heteroatoms. The van der Waals surface area contributed by atoms with Gasteiger partial charge in [0.1, 0.15) is 5.01 Å². The molecule has 1 aliphatic rings. The SMILES string of the molecule is CCC(/C=C1\Sc2ccc3ccccc3c2N1CC)=C\c1nc2cc(-c3ccccc3)ccc2s1. The van der Waals surface area contributed by atoms with Gasteiger partial charge in [0, 0.05) is 16.8 Å². The molecule has 0 fully saturated rings. The highest BCUT2D eigenvalue weighted by atomic mass is 32.2. The van der Waals surface area contributed by atoms with Gasteiger partial charge in [-0.15, -0.1) is 11.3 Å². The number of anilines is 1. The average Bonchev–Trinajstić information content (AvgIpc) is 3.48. The van der Waals surface area contributed by atoms with E-state index in [1.807, 2.05) is 11.8 Å². The Kier molecular flexibility index (Phi) is 5.93. The number of nitrogens with zero attached hydrogens (tertiary/aromatic N) is 2. The smallest absolute Gasteiger partial charge is 0.117 e. The molecule has 172 valence electrons. The van der Waals surface area contributed by atoms with Crippen molar-refractivity contribution >= 4 is 55.9 Å². The second-order valence-electron chi connectivity index (χ2n) is 8.64. The van der Waals surface area contributed by atoms with Gasteiger partial charge in [-0.1, -0.05) is 85.4 Å². The van der Waals surface area contributed by atoms with Gasteiger partial charge >= 0.3 is 0 Å². The molecule has 0 N–H and O–H groups in total. The monoisotopic (exact) mass is 490 g/mol. The number of aromatic nitrogens is 1. The minimum absolute atomic E-state index is 0.945. The molecule has 0 radical (unpaired) electrons. The van der Waals surface area contributed by atoms with E-state index in [1.165, 1.54) is 47.8 Å². The largest absolute Gasteiger partial charge is 0.335 e. The van der Waals surface area contributed by atoms with Gasteiger partial charge in [0.2, 0.25) is 0 Å². The van der Waals surface area contributed by atoms with Crippen molar-refractivity contribution in [2.75, 3.05) is 11.4 Å². The van der Waals surface area contributed by atoms with Gasteiger partial charge in [0.25, 0.3) is 0 Å². The lowest BCUT2D eigenvalue weighted by atomic mass is 10.1. The van der Waals surface area contributed by atoms with E-state index in [4.69, 9.17) is 4.98 Å². The second-order valence-corrected chi connectivity index (χ2v) is 10.8. The van der Waals surface area contributed by atoms with E-state index in [-0.39, 0.29) is 0 Å². The number of allylic oxidation sites excluding steroid dienone is 2. The van der Waals surface area contributed by atoms with Gasteiger partial charge in [-0.05, 0) is 65.8 Å². The van der Waals surface area contributed by atoms with Crippen LogP contribution in [-0.2, 0) is 0 Å². The van der Waals surface area contributed by atoms with E-state index >= 15 is 0 Å². The standard InChI is InChI=1S/C31H26N2S2/c1-3-21(18-29-32-26-20-24(15-16-27(26)34-29)22-10-6-5-7-11-22)19-30-33(4-2)31-25-13-9-8-12-23(25)14-17-28(31)35-30/h5-20H,3-4H2,1-2H3/b21-18+,30-19-. The molecule has 0 aliphatic carbocycles. The summed E-state index contributed by atoms with van der Waals surface area (Å²) in [5, 5.41) is 4.97. The number of benzene rings is 4. The van der Waals surface area contributed by atoms with Gasteiger partial charge in [0.15, 0.2) is 0 Å². The molecule has 1 aliphatic heterocycles. The number of hydrogen-bond acceptors (Lipinski definition) is 4. The molecule has 0 bridgehead atoms. The van der Waals surface area contributed by atoms with Crippen LogP contribution in [0.4, 0.5) is 5.69 Å². The number of rotatable bonds is 5. The van der Waals surface area contributed by atoms with Crippen LogP contribution in [0.3, 0.4) is 0 Å². The molecule has 0 atom stereocenters. The fourth-order valence-electron chi connectivity index (χ4n) is 4.68. The summed E-state index contributed by atoms with van der Waals surface area (Å²) in [6, 6.07) is 30.3.